The summed E-state index contributed by atoms with van der Waals surface area (Å²) in [6, 6.07) is 7.97. The molecule has 136 valence electrons. The van der Waals surface area contributed by atoms with Gasteiger partial charge in [-0.25, -0.2) is 4.39 Å². The van der Waals surface area contributed by atoms with E-state index >= 15 is 0 Å². The largest absolute Gasteiger partial charge is 0.469 e. The molecule has 0 bridgehead atoms. The Hall–Kier alpha value is -2.61. The third-order valence-electron chi connectivity index (χ3n) is 4.02. The molecule has 0 aliphatic heterocycles. The normalized spacial score (nSPS) is 10.9. The number of carbonyl (C=O) groups excluding carboxylic acids is 1. The first kappa shape index (κ1) is 18.2. The molecule has 3 aromatic rings. The maximum Gasteiger partial charge on any atom is 0.233 e. The van der Waals surface area contributed by atoms with E-state index < -0.39 is 0 Å². The highest BCUT2D eigenvalue weighted by molar-refractivity contribution is 7.99. The van der Waals surface area contributed by atoms with Crippen LogP contribution >= 0.6 is 11.8 Å². The summed E-state index contributed by atoms with van der Waals surface area (Å²) in [7, 11) is 3.58. The van der Waals surface area contributed by atoms with E-state index in [2.05, 4.69) is 10.2 Å². The van der Waals surface area contributed by atoms with Gasteiger partial charge in [-0.1, -0.05) is 23.9 Å². The summed E-state index contributed by atoms with van der Waals surface area (Å²) in [5, 5.41) is 9.01. The highest BCUT2D eigenvalue weighted by atomic mass is 32.2. The van der Waals surface area contributed by atoms with Crippen LogP contribution in [-0.2, 0) is 18.4 Å². The third kappa shape index (κ3) is 3.96. The number of hydrogen-bond donors (Lipinski definition) is 0. The lowest BCUT2D eigenvalue weighted by Gasteiger charge is -2.17. The highest BCUT2D eigenvalue weighted by Gasteiger charge is 2.17. The number of nitrogens with zero attached hydrogens (tertiary/aromatic N) is 4. The first-order chi connectivity index (χ1) is 12.5. The zero-order chi connectivity index (χ0) is 18.7. The molecule has 0 unspecified atom stereocenters. The molecule has 2 heterocycles. The van der Waals surface area contributed by atoms with Crippen molar-refractivity contribution in [1.82, 2.24) is 19.7 Å². The fraction of sp³-hybridized carbons (Fsp3) is 0.278. The molecule has 26 heavy (non-hydrogen) atoms. The molecule has 0 saturated heterocycles. The van der Waals surface area contributed by atoms with Gasteiger partial charge in [-0.15, -0.1) is 10.2 Å². The second-order valence-corrected chi connectivity index (χ2v) is 6.86. The lowest BCUT2D eigenvalue weighted by Crippen LogP contribution is -2.27. The summed E-state index contributed by atoms with van der Waals surface area (Å²) in [4.78, 5) is 14.0. The van der Waals surface area contributed by atoms with Gasteiger partial charge in [-0.2, -0.15) is 0 Å². The van der Waals surface area contributed by atoms with Crippen molar-refractivity contribution in [2.24, 2.45) is 7.05 Å². The van der Waals surface area contributed by atoms with E-state index in [4.69, 9.17) is 4.42 Å². The Labute approximate surface area is 155 Å². The minimum absolute atomic E-state index is 0.0385. The van der Waals surface area contributed by atoms with Crippen LogP contribution in [0.15, 0.2) is 46.2 Å². The molecule has 0 saturated carbocycles. The average Bonchev–Trinajstić information content (AvgIpc) is 3.20. The molecule has 8 heteroatoms. The topological polar surface area (TPSA) is 64.2 Å². The van der Waals surface area contributed by atoms with Gasteiger partial charge in [-0.3, -0.25) is 4.79 Å². The predicted octanol–water partition coefficient (Wildman–Crippen LogP) is 3.27. The molecule has 1 aromatic carbocycles. The maximum atomic E-state index is 13.0. The number of furan rings is 1. The van der Waals surface area contributed by atoms with Crippen LogP contribution in [0.25, 0.3) is 11.4 Å². The molecule has 3 rings (SSSR count). The average molecular weight is 374 g/mol. The molecule has 0 spiro atoms. The first-order valence-electron chi connectivity index (χ1n) is 8.00. The number of carbonyl (C=O) groups is 1. The monoisotopic (exact) mass is 374 g/mol. The molecule has 0 aliphatic rings. The predicted molar refractivity (Wildman–Crippen MR) is 97.0 cm³/mol. The minimum Gasteiger partial charge on any atom is -0.469 e. The van der Waals surface area contributed by atoms with Crippen LogP contribution in [0.1, 0.15) is 11.3 Å². The van der Waals surface area contributed by atoms with E-state index in [0.29, 0.717) is 17.5 Å². The third-order valence-corrected chi connectivity index (χ3v) is 5.02. The van der Waals surface area contributed by atoms with Gasteiger partial charge in [0, 0.05) is 20.6 Å². The number of aryl methyl sites for hydroxylation is 1. The quantitative estimate of drug-likeness (QED) is 0.620. The van der Waals surface area contributed by atoms with E-state index in [1.807, 2.05) is 24.6 Å². The van der Waals surface area contributed by atoms with E-state index in [9.17, 15) is 9.18 Å². The SMILES string of the molecule is Cc1occc1-c1nnc(SCC(=O)N(C)Cc2ccc(F)cc2)n1C. The summed E-state index contributed by atoms with van der Waals surface area (Å²) in [5.74, 6) is 1.39. The number of hydrogen-bond acceptors (Lipinski definition) is 5. The number of rotatable bonds is 6. The van der Waals surface area contributed by atoms with E-state index in [0.717, 1.165) is 16.9 Å². The molecule has 0 fully saturated rings. The van der Waals surface area contributed by atoms with Crippen LogP contribution in [0.5, 0.6) is 0 Å². The lowest BCUT2D eigenvalue weighted by atomic mass is 10.2. The van der Waals surface area contributed by atoms with Crippen molar-refractivity contribution in [3.63, 3.8) is 0 Å². The standard InChI is InChI=1S/C18H19FN4O2S/c1-12-15(8-9-25-12)17-20-21-18(23(17)3)26-11-16(24)22(2)10-13-4-6-14(19)7-5-13/h4-9H,10-11H2,1-3H3. The van der Waals surface area contributed by atoms with Crippen molar-refractivity contribution >= 4 is 17.7 Å². The lowest BCUT2D eigenvalue weighted by molar-refractivity contribution is -0.127. The molecule has 0 radical (unpaired) electrons. The zero-order valence-electron chi connectivity index (χ0n) is 14.8. The summed E-state index contributed by atoms with van der Waals surface area (Å²) in [5.41, 5.74) is 1.76. The number of thioether (sulfide) groups is 1. The van der Waals surface area contributed by atoms with Crippen molar-refractivity contribution in [2.75, 3.05) is 12.8 Å². The molecule has 1 amide bonds. The number of amides is 1. The summed E-state index contributed by atoms with van der Waals surface area (Å²) in [6.07, 6.45) is 1.61. The Kier molecular flexibility index (Phi) is 5.41. The fourth-order valence-corrected chi connectivity index (χ4v) is 3.33. The highest BCUT2D eigenvalue weighted by Crippen LogP contribution is 2.25. The van der Waals surface area contributed by atoms with Crippen molar-refractivity contribution in [3.05, 3.63) is 53.7 Å². The van der Waals surface area contributed by atoms with Crippen LogP contribution in [0.2, 0.25) is 0 Å². The Balaban J connectivity index is 1.60. The molecule has 0 aliphatic carbocycles. The Morgan fingerprint density at radius 2 is 2.00 bits per heavy atom. The van der Waals surface area contributed by atoms with Crippen LogP contribution < -0.4 is 0 Å². The second kappa shape index (κ2) is 7.74. The Bertz CT molecular complexity index is 904. The van der Waals surface area contributed by atoms with Crippen molar-refractivity contribution < 1.29 is 13.6 Å². The first-order valence-corrected chi connectivity index (χ1v) is 8.99. The van der Waals surface area contributed by atoms with Crippen molar-refractivity contribution in [2.45, 2.75) is 18.6 Å². The van der Waals surface area contributed by atoms with Gasteiger partial charge >= 0.3 is 0 Å². The fourth-order valence-electron chi connectivity index (χ4n) is 2.48. The number of benzene rings is 1. The maximum absolute atomic E-state index is 13.0. The summed E-state index contributed by atoms with van der Waals surface area (Å²) in [6.45, 7) is 2.29. The van der Waals surface area contributed by atoms with Crippen LogP contribution in [0.4, 0.5) is 4.39 Å². The van der Waals surface area contributed by atoms with Gasteiger partial charge in [0.1, 0.15) is 11.6 Å². The second-order valence-electron chi connectivity index (χ2n) is 5.92. The smallest absolute Gasteiger partial charge is 0.233 e. The zero-order valence-corrected chi connectivity index (χ0v) is 15.6. The number of halogens is 1. The van der Waals surface area contributed by atoms with Gasteiger partial charge < -0.3 is 13.9 Å². The summed E-state index contributed by atoms with van der Waals surface area (Å²) < 4.78 is 20.1. The number of aromatic nitrogens is 3. The van der Waals surface area contributed by atoms with Crippen LogP contribution in [0.3, 0.4) is 0 Å². The molecular weight excluding hydrogens is 355 g/mol. The van der Waals surface area contributed by atoms with Crippen molar-refractivity contribution in [1.29, 1.82) is 0 Å². The Morgan fingerprint density at radius 3 is 2.65 bits per heavy atom. The van der Waals surface area contributed by atoms with Crippen molar-refractivity contribution in [3.8, 4) is 11.4 Å². The van der Waals surface area contributed by atoms with Crippen LogP contribution in [-0.4, -0.2) is 38.4 Å². The van der Waals surface area contributed by atoms with Crippen LogP contribution in [0, 0.1) is 12.7 Å². The van der Waals surface area contributed by atoms with E-state index in [1.54, 1.807) is 30.3 Å². The summed E-state index contributed by atoms with van der Waals surface area (Å²) >= 11 is 1.33. The van der Waals surface area contributed by atoms with Gasteiger partial charge in [0.15, 0.2) is 11.0 Å². The van der Waals surface area contributed by atoms with Gasteiger partial charge in [0.05, 0.1) is 17.6 Å². The van der Waals surface area contributed by atoms with E-state index in [-0.39, 0.29) is 17.5 Å². The van der Waals surface area contributed by atoms with E-state index in [1.165, 1.54) is 23.9 Å². The van der Waals surface area contributed by atoms with Gasteiger partial charge in [0.25, 0.3) is 0 Å². The molecule has 0 N–H and O–H groups in total. The minimum atomic E-state index is -0.288. The molecular formula is C18H19FN4O2S. The molecule has 6 nitrogen and oxygen atoms in total. The molecule has 2 aromatic heterocycles. The van der Waals surface area contributed by atoms with Gasteiger partial charge in [0.2, 0.25) is 5.91 Å². The molecule has 0 atom stereocenters. The Morgan fingerprint density at radius 1 is 1.27 bits per heavy atom. The van der Waals surface area contributed by atoms with Gasteiger partial charge in [-0.05, 0) is 30.7 Å².